The number of benzene rings is 2. The minimum atomic E-state index is -0.325. The Balaban J connectivity index is 1.77. The molecule has 0 aliphatic rings. The van der Waals surface area contributed by atoms with Crippen LogP contribution in [0.1, 0.15) is 10.4 Å². The molecule has 0 spiro atoms. The highest BCUT2D eigenvalue weighted by Crippen LogP contribution is 2.26. The van der Waals surface area contributed by atoms with Gasteiger partial charge in [0.05, 0.1) is 18.0 Å². The third-order valence-electron chi connectivity index (χ3n) is 4.19. The van der Waals surface area contributed by atoms with Crippen LogP contribution in [-0.2, 0) is 0 Å². The average Bonchev–Trinajstić information content (AvgIpc) is 3.01. The van der Waals surface area contributed by atoms with Gasteiger partial charge in [0.1, 0.15) is 5.75 Å². The quantitative estimate of drug-likeness (QED) is 0.497. The minimum Gasteiger partial charge on any atom is -0.497 e. The number of methoxy groups -OCH3 is 1. The number of carbonyl (C=O) groups excluding carboxylic acids is 1. The molecule has 2 aromatic carbocycles. The lowest BCUT2D eigenvalue weighted by Gasteiger charge is -2.03. The molecule has 2 aromatic heterocycles. The zero-order chi connectivity index (χ0) is 19.0. The number of rotatable bonds is 3. The van der Waals surface area contributed by atoms with E-state index in [4.69, 9.17) is 10.5 Å². The summed E-state index contributed by atoms with van der Waals surface area (Å²) in [5.74, 6) is 0.629. The first-order chi connectivity index (χ1) is 13.0. The molecule has 0 unspecified atom stereocenters. The standard InChI is InChI=1S/C20H15BrN4O2/c1-27-15-8-5-13-10-16-19(22)24-25(20(16)23-17(13)11-15)18(26)9-4-12-2-6-14(21)7-3-12/h2-11H,1H3,(H2,22,24)/b9-4+. The third-order valence-corrected chi connectivity index (χ3v) is 4.71. The van der Waals surface area contributed by atoms with E-state index in [1.807, 2.05) is 48.5 Å². The van der Waals surface area contributed by atoms with Gasteiger partial charge in [-0.05, 0) is 42.0 Å². The van der Waals surface area contributed by atoms with E-state index < -0.39 is 0 Å². The molecule has 4 rings (SSSR count). The van der Waals surface area contributed by atoms with Gasteiger partial charge in [0.2, 0.25) is 0 Å². The molecule has 6 nitrogen and oxygen atoms in total. The molecule has 2 heterocycles. The minimum absolute atomic E-state index is 0.264. The topological polar surface area (TPSA) is 83.0 Å². The summed E-state index contributed by atoms with van der Waals surface area (Å²) in [7, 11) is 1.60. The third kappa shape index (κ3) is 3.29. The number of hydrogen-bond donors (Lipinski definition) is 1. The number of pyridine rings is 1. The van der Waals surface area contributed by atoms with Crippen LogP contribution in [0.2, 0.25) is 0 Å². The van der Waals surface area contributed by atoms with Gasteiger partial charge in [-0.15, -0.1) is 5.10 Å². The van der Waals surface area contributed by atoms with E-state index in [2.05, 4.69) is 26.0 Å². The van der Waals surface area contributed by atoms with Crippen molar-refractivity contribution in [3.05, 3.63) is 64.6 Å². The molecular weight excluding hydrogens is 408 g/mol. The van der Waals surface area contributed by atoms with Gasteiger partial charge >= 0.3 is 0 Å². The van der Waals surface area contributed by atoms with E-state index in [1.54, 1.807) is 13.2 Å². The van der Waals surface area contributed by atoms with Gasteiger partial charge in [0.25, 0.3) is 5.91 Å². The number of anilines is 1. The maximum atomic E-state index is 12.7. The average molecular weight is 423 g/mol. The number of carbonyl (C=O) groups is 1. The number of nitrogens with zero attached hydrogens (tertiary/aromatic N) is 3. The smallest absolute Gasteiger partial charge is 0.272 e. The van der Waals surface area contributed by atoms with Gasteiger partial charge in [-0.25, -0.2) is 4.98 Å². The fraction of sp³-hybridized carbons (Fsp3) is 0.0500. The first kappa shape index (κ1) is 17.2. The highest BCUT2D eigenvalue weighted by atomic mass is 79.9. The Labute approximate surface area is 163 Å². The highest BCUT2D eigenvalue weighted by Gasteiger charge is 2.15. The summed E-state index contributed by atoms with van der Waals surface area (Å²) in [4.78, 5) is 17.2. The van der Waals surface area contributed by atoms with Crippen LogP contribution < -0.4 is 10.5 Å². The second-order valence-electron chi connectivity index (χ2n) is 5.94. The van der Waals surface area contributed by atoms with Crippen molar-refractivity contribution in [1.29, 1.82) is 0 Å². The van der Waals surface area contributed by atoms with E-state index in [9.17, 15) is 4.79 Å². The van der Waals surface area contributed by atoms with Crippen molar-refractivity contribution in [1.82, 2.24) is 14.8 Å². The van der Waals surface area contributed by atoms with Crippen LogP contribution in [-0.4, -0.2) is 27.8 Å². The van der Waals surface area contributed by atoms with Crippen molar-refractivity contribution in [2.45, 2.75) is 0 Å². The van der Waals surface area contributed by atoms with Crippen LogP contribution >= 0.6 is 15.9 Å². The number of nitrogens with two attached hydrogens (primary N) is 1. The number of hydrogen-bond acceptors (Lipinski definition) is 5. The summed E-state index contributed by atoms with van der Waals surface area (Å²) in [6.45, 7) is 0. The van der Waals surface area contributed by atoms with Gasteiger partial charge < -0.3 is 10.5 Å². The van der Waals surface area contributed by atoms with E-state index in [0.717, 1.165) is 15.4 Å². The van der Waals surface area contributed by atoms with Crippen LogP contribution in [0, 0.1) is 0 Å². The van der Waals surface area contributed by atoms with Crippen molar-refractivity contribution in [3.8, 4) is 5.75 Å². The second kappa shape index (κ2) is 6.85. The summed E-state index contributed by atoms with van der Waals surface area (Å²) in [6, 6.07) is 15.1. The number of ether oxygens (including phenoxy) is 1. The lowest BCUT2D eigenvalue weighted by atomic mass is 10.2. The maximum absolute atomic E-state index is 12.7. The van der Waals surface area contributed by atoms with Crippen molar-refractivity contribution < 1.29 is 9.53 Å². The van der Waals surface area contributed by atoms with Gasteiger partial charge in [-0.2, -0.15) is 4.68 Å². The zero-order valence-electron chi connectivity index (χ0n) is 14.4. The molecule has 27 heavy (non-hydrogen) atoms. The number of aromatic nitrogens is 3. The SMILES string of the molecule is COc1ccc2cc3c(N)nn(C(=O)/C=C/c4ccc(Br)cc4)c3nc2c1. The highest BCUT2D eigenvalue weighted by molar-refractivity contribution is 9.10. The molecule has 2 N–H and O–H groups in total. The van der Waals surface area contributed by atoms with Crippen LogP contribution in [0.3, 0.4) is 0 Å². The molecule has 0 aliphatic carbocycles. The van der Waals surface area contributed by atoms with Crippen molar-refractivity contribution >= 4 is 55.7 Å². The predicted molar refractivity (Wildman–Crippen MR) is 110 cm³/mol. The Morgan fingerprint density at radius 3 is 2.70 bits per heavy atom. The van der Waals surface area contributed by atoms with Crippen LogP contribution in [0.15, 0.2) is 59.1 Å². The van der Waals surface area contributed by atoms with Gasteiger partial charge in [-0.1, -0.05) is 28.1 Å². The fourth-order valence-corrected chi connectivity index (χ4v) is 3.05. The first-order valence-corrected chi connectivity index (χ1v) is 8.95. The Morgan fingerprint density at radius 1 is 1.19 bits per heavy atom. The second-order valence-corrected chi connectivity index (χ2v) is 6.85. The largest absolute Gasteiger partial charge is 0.497 e. The Kier molecular flexibility index (Phi) is 4.37. The van der Waals surface area contributed by atoms with Gasteiger partial charge in [-0.3, -0.25) is 4.79 Å². The number of nitrogen functional groups attached to an aromatic ring is 1. The molecule has 0 radical (unpaired) electrons. The Bertz CT molecular complexity index is 1200. The van der Waals surface area contributed by atoms with Gasteiger partial charge in [0.15, 0.2) is 11.5 Å². The molecule has 0 saturated heterocycles. The van der Waals surface area contributed by atoms with Crippen molar-refractivity contribution in [2.75, 3.05) is 12.8 Å². The molecule has 134 valence electrons. The molecular formula is C20H15BrN4O2. The van der Waals surface area contributed by atoms with E-state index in [1.165, 1.54) is 10.8 Å². The van der Waals surface area contributed by atoms with Crippen molar-refractivity contribution in [2.24, 2.45) is 0 Å². The van der Waals surface area contributed by atoms with E-state index in [0.29, 0.717) is 22.3 Å². The van der Waals surface area contributed by atoms with E-state index >= 15 is 0 Å². The number of allylic oxidation sites excluding steroid dienone is 1. The normalized spacial score (nSPS) is 11.5. The van der Waals surface area contributed by atoms with Crippen molar-refractivity contribution in [3.63, 3.8) is 0 Å². The Morgan fingerprint density at radius 2 is 1.96 bits per heavy atom. The molecule has 0 atom stereocenters. The van der Waals surface area contributed by atoms with Crippen LogP contribution in [0.25, 0.3) is 28.0 Å². The molecule has 0 amide bonds. The number of fused-ring (bicyclic) bond motifs is 2. The number of halogens is 1. The summed E-state index contributed by atoms with van der Waals surface area (Å²) in [6.07, 6.45) is 3.18. The van der Waals surface area contributed by atoms with Crippen LogP contribution in [0.4, 0.5) is 5.82 Å². The van der Waals surface area contributed by atoms with Gasteiger partial charge in [0, 0.05) is 22.0 Å². The summed E-state index contributed by atoms with van der Waals surface area (Å²) >= 11 is 3.39. The summed E-state index contributed by atoms with van der Waals surface area (Å²) < 4.78 is 7.44. The molecule has 0 fully saturated rings. The Hall–Kier alpha value is -3.19. The molecule has 4 aromatic rings. The predicted octanol–water partition coefficient (Wildman–Crippen LogP) is 4.29. The zero-order valence-corrected chi connectivity index (χ0v) is 16.0. The monoisotopic (exact) mass is 422 g/mol. The lowest BCUT2D eigenvalue weighted by molar-refractivity contribution is 0.0960. The first-order valence-electron chi connectivity index (χ1n) is 8.16. The van der Waals surface area contributed by atoms with Crippen LogP contribution in [0.5, 0.6) is 5.75 Å². The molecule has 0 bridgehead atoms. The maximum Gasteiger partial charge on any atom is 0.272 e. The fourth-order valence-electron chi connectivity index (χ4n) is 2.79. The lowest BCUT2D eigenvalue weighted by Crippen LogP contribution is -2.10. The molecule has 7 heteroatoms. The summed E-state index contributed by atoms with van der Waals surface area (Å²) in [5.41, 5.74) is 8.03. The summed E-state index contributed by atoms with van der Waals surface area (Å²) in [5, 5.41) is 5.71. The molecule has 0 aliphatic heterocycles. The molecule has 0 saturated carbocycles. The van der Waals surface area contributed by atoms with E-state index in [-0.39, 0.29) is 11.7 Å².